The molecule has 9 nitrogen and oxygen atoms in total. The lowest BCUT2D eigenvalue weighted by molar-refractivity contribution is -0.144. The minimum atomic E-state index is -4.49. The molecule has 14 heteroatoms. The SMILES string of the molecule is C=CS(=O)(=O)NCC1CCCN1S(=O)(=O)c1ccc(C(Cc2ccc(C(F)(F)F)cc2)C(=O)N2CC(C)OC(C)C2)cc1. The van der Waals surface area contributed by atoms with E-state index in [4.69, 9.17) is 4.74 Å². The molecule has 0 bridgehead atoms. The molecule has 0 radical (unpaired) electrons. The molecule has 236 valence electrons. The third-order valence-corrected chi connectivity index (χ3v) is 10.7. The second-order valence-electron chi connectivity index (χ2n) is 11.0. The molecule has 1 N–H and O–H groups in total. The van der Waals surface area contributed by atoms with Crippen LogP contribution in [-0.2, 0) is 42.2 Å². The van der Waals surface area contributed by atoms with Crippen LogP contribution in [0, 0.1) is 0 Å². The fraction of sp³-hybridized carbons (Fsp3) is 0.483. The molecule has 2 aromatic carbocycles. The number of nitrogens with one attached hydrogen (secondary N) is 1. The van der Waals surface area contributed by atoms with Gasteiger partial charge in [0.15, 0.2) is 0 Å². The highest BCUT2D eigenvalue weighted by Crippen LogP contribution is 2.32. The topological polar surface area (TPSA) is 113 Å². The number of nitrogens with zero attached hydrogens (tertiary/aromatic N) is 2. The van der Waals surface area contributed by atoms with Crippen molar-refractivity contribution in [3.8, 4) is 0 Å². The van der Waals surface area contributed by atoms with E-state index in [0.717, 1.165) is 17.5 Å². The number of hydrogen-bond donors (Lipinski definition) is 1. The number of carbonyl (C=O) groups is 1. The number of amides is 1. The van der Waals surface area contributed by atoms with E-state index in [1.54, 1.807) is 17.0 Å². The molecule has 1 amide bonds. The van der Waals surface area contributed by atoms with Gasteiger partial charge in [-0.05, 0) is 68.5 Å². The predicted octanol–water partition coefficient (Wildman–Crippen LogP) is 3.88. The molecule has 0 aliphatic carbocycles. The van der Waals surface area contributed by atoms with E-state index in [1.807, 2.05) is 13.8 Å². The normalized spacial score (nSPS) is 22.8. The standard InChI is InChI=1S/C29H36F3N3O6S2/c1-4-42(37,38)33-17-25-6-5-15-35(25)43(39,40)26-13-9-23(10-14-26)27(28(36)34-18-20(2)41-21(3)19-34)16-22-7-11-24(12-8-22)29(30,31)32/h4,7-14,20-21,25,27,33H,1,5-6,15-19H2,2-3H3. The molecule has 2 aliphatic rings. The van der Waals surface area contributed by atoms with Gasteiger partial charge in [0, 0.05) is 37.6 Å². The monoisotopic (exact) mass is 643 g/mol. The first-order valence-corrected chi connectivity index (χ1v) is 16.9. The molecule has 43 heavy (non-hydrogen) atoms. The molecule has 0 spiro atoms. The van der Waals surface area contributed by atoms with Gasteiger partial charge in [0.05, 0.1) is 28.6 Å². The summed E-state index contributed by atoms with van der Waals surface area (Å²) in [5.74, 6) is -1.01. The second kappa shape index (κ2) is 13.1. The van der Waals surface area contributed by atoms with Crippen molar-refractivity contribution >= 4 is 26.0 Å². The third kappa shape index (κ3) is 8.04. The molecule has 0 aromatic heterocycles. The van der Waals surface area contributed by atoms with E-state index in [1.165, 1.54) is 28.6 Å². The van der Waals surface area contributed by atoms with Gasteiger partial charge in [-0.2, -0.15) is 17.5 Å². The highest BCUT2D eigenvalue weighted by atomic mass is 32.2. The van der Waals surface area contributed by atoms with Crippen LogP contribution in [0.25, 0.3) is 0 Å². The van der Waals surface area contributed by atoms with Gasteiger partial charge in [-0.25, -0.2) is 21.6 Å². The summed E-state index contributed by atoms with van der Waals surface area (Å²) in [6, 6.07) is 10.0. The van der Waals surface area contributed by atoms with E-state index in [-0.39, 0.29) is 42.5 Å². The first kappa shape index (κ1) is 33.1. The minimum absolute atomic E-state index is 0.0101. The summed E-state index contributed by atoms with van der Waals surface area (Å²) in [5.41, 5.74) is 0.258. The highest BCUT2D eigenvalue weighted by Gasteiger charge is 2.37. The molecular weight excluding hydrogens is 607 g/mol. The summed E-state index contributed by atoms with van der Waals surface area (Å²) < 4.78 is 99.4. The maximum atomic E-state index is 13.8. The minimum Gasteiger partial charge on any atom is -0.372 e. The number of sulfonamides is 2. The zero-order valence-corrected chi connectivity index (χ0v) is 25.6. The summed E-state index contributed by atoms with van der Waals surface area (Å²) in [6.45, 7) is 7.80. The van der Waals surface area contributed by atoms with Crippen molar-refractivity contribution in [3.63, 3.8) is 0 Å². The molecule has 2 fully saturated rings. The van der Waals surface area contributed by atoms with Crippen LogP contribution in [0.15, 0.2) is 65.4 Å². The number of alkyl halides is 3. The van der Waals surface area contributed by atoms with Gasteiger partial charge in [0.25, 0.3) is 0 Å². The quantitative estimate of drug-likeness (QED) is 0.421. The number of hydrogen-bond acceptors (Lipinski definition) is 6. The largest absolute Gasteiger partial charge is 0.416 e. The Labute approximate surface area is 250 Å². The zero-order chi connectivity index (χ0) is 31.6. The summed E-state index contributed by atoms with van der Waals surface area (Å²) in [6.07, 6.45) is -3.72. The fourth-order valence-corrected chi connectivity index (χ4v) is 7.84. The first-order valence-electron chi connectivity index (χ1n) is 13.9. The number of morpholine rings is 1. The molecule has 2 aromatic rings. The van der Waals surface area contributed by atoms with Crippen molar-refractivity contribution in [2.45, 2.75) is 68.3 Å². The van der Waals surface area contributed by atoms with Gasteiger partial charge in [0.1, 0.15) is 0 Å². The number of benzene rings is 2. The van der Waals surface area contributed by atoms with E-state index in [0.29, 0.717) is 37.1 Å². The Morgan fingerprint density at radius 3 is 2.21 bits per heavy atom. The van der Waals surface area contributed by atoms with E-state index in [2.05, 4.69) is 11.3 Å². The highest BCUT2D eigenvalue weighted by molar-refractivity contribution is 7.92. The van der Waals surface area contributed by atoms with Crippen molar-refractivity contribution in [1.29, 1.82) is 0 Å². The van der Waals surface area contributed by atoms with Crippen molar-refractivity contribution in [3.05, 3.63) is 77.2 Å². The Bertz CT molecular complexity index is 1500. The van der Waals surface area contributed by atoms with Crippen LogP contribution in [-0.4, -0.2) is 76.4 Å². The molecule has 2 aliphatic heterocycles. The van der Waals surface area contributed by atoms with Crippen LogP contribution in [0.5, 0.6) is 0 Å². The Kier molecular flexibility index (Phi) is 10.1. The van der Waals surface area contributed by atoms with Crippen LogP contribution in [0.4, 0.5) is 13.2 Å². The van der Waals surface area contributed by atoms with Gasteiger partial charge in [0.2, 0.25) is 26.0 Å². The Morgan fingerprint density at radius 2 is 1.65 bits per heavy atom. The van der Waals surface area contributed by atoms with Gasteiger partial charge in [-0.1, -0.05) is 30.8 Å². The van der Waals surface area contributed by atoms with Crippen LogP contribution < -0.4 is 4.72 Å². The number of ether oxygens (including phenoxy) is 1. The first-order chi connectivity index (χ1) is 20.1. The van der Waals surface area contributed by atoms with Gasteiger partial charge in [-0.3, -0.25) is 4.79 Å². The smallest absolute Gasteiger partial charge is 0.372 e. The molecule has 4 unspecified atom stereocenters. The zero-order valence-electron chi connectivity index (χ0n) is 24.0. The Hall–Kier alpha value is -2.78. The number of carbonyl (C=O) groups excluding carboxylic acids is 1. The van der Waals surface area contributed by atoms with Crippen molar-refractivity contribution in [2.24, 2.45) is 0 Å². The van der Waals surface area contributed by atoms with E-state index >= 15 is 0 Å². The van der Waals surface area contributed by atoms with Crippen LogP contribution >= 0.6 is 0 Å². The lowest BCUT2D eigenvalue weighted by Gasteiger charge is -2.37. The van der Waals surface area contributed by atoms with Gasteiger partial charge < -0.3 is 9.64 Å². The maximum absolute atomic E-state index is 13.8. The van der Waals surface area contributed by atoms with Gasteiger partial charge >= 0.3 is 6.18 Å². The number of halogens is 3. The van der Waals surface area contributed by atoms with Crippen molar-refractivity contribution in [1.82, 2.24) is 13.9 Å². The molecular formula is C29H36F3N3O6S2. The summed E-state index contributed by atoms with van der Waals surface area (Å²) in [7, 11) is -7.71. The van der Waals surface area contributed by atoms with E-state index in [9.17, 15) is 34.8 Å². The average Bonchev–Trinajstić information content (AvgIpc) is 3.44. The van der Waals surface area contributed by atoms with Crippen molar-refractivity contribution < 1.29 is 39.5 Å². The summed E-state index contributed by atoms with van der Waals surface area (Å²) in [4.78, 5) is 15.5. The Morgan fingerprint density at radius 1 is 1.05 bits per heavy atom. The van der Waals surface area contributed by atoms with Crippen LogP contribution in [0.1, 0.15) is 49.3 Å². The fourth-order valence-electron chi connectivity index (χ4n) is 5.60. The molecule has 2 saturated heterocycles. The lowest BCUT2D eigenvalue weighted by Crippen LogP contribution is -2.49. The van der Waals surface area contributed by atoms with Crippen molar-refractivity contribution in [2.75, 3.05) is 26.2 Å². The van der Waals surface area contributed by atoms with Gasteiger partial charge in [-0.15, -0.1) is 0 Å². The molecule has 2 heterocycles. The van der Waals surface area contributed by atoms with E-state index < -0.39 is 43.7 Å². The number of rotatable bonds is 10. The van der Waals surface area contributed by atoms with Crippen LogP contribution in [0.3, 0.4) is 0 Å². The third-order valence-electron chi connectivity index (χ3n) is 7.70. The molecule has 0 saturated carbocycles. The summed E-state index contributed by atoms with van der Waals surface area (Å²) >= 11 is 0. The van der Waals surface area contributed by atoms with Crippen LogP contribution in [0.2, 0.25) is 0 Å². The molecule has 4 atom stereocenters. The summed E-state index contributed by atoms with van der Waals surface area (Å²) in [5, 5.41) is 0.764. The average molecular weight is 644 g/mol. The molecule has 4 rings (SSSR count). The maximum Gasteiger partial charge on any atom is 0.416 e. The predicted molar refractivity (Wildman–Crippen MR) is 155 cm³/mol. The lowest BCUT2D eigenvalue weighted by atomic mass is 9.90. The Balaban J connectivity index is 1.60. The second-order valence-corrected chi connectivity index (χ2v) is 14.6.